The van der Waals surface area contributed by atoms with Gasteiger partial charge in [-0.1, -0.05) is 84.5 Å². The normalized spacial score (nSPS) is 12.0. The molecule has 3 nitrogen and oxygen atoms in total. The molecule has 2 rings (SSSR count). The van der Waals surface area contributed by atoms with Crippen molar-refractivity contribution in [3.05, 3.63) is 42.6 Å². The maximum absolute atomic E-state index is 14.1. The molecule has 0 aliphatic heterocycles. The number of aromatic nitrogens is 1. The van der Waals surface area contributed by atoms with Crippen LogP contribution in [0.2, 0.25) is 0 Å². The van der Waals surface area contributed by atoms with Gasteiger partial charge in [0, 0.05) is 5.56 Å². The van der Waals surface area contributed by atoms with Crippen LogP contribution in [0, 0.1) is 0 Å². The third-order valence-corrected chi connectivity index (χ3v) is 5.95. The van der Waals surface area contributed by atoms with Gasteiger partial charge in [0.1, 0.15) is 24.3 Å². The quantitative estimate of drug-likeness (QED) is 0.197. The second kappa shape index (κ2) is 17.4. The molecule has 0 radical (unpaired) electrons. The van der Waals surface area contributed by atoms with E-state index in [1.165, 1.54) is 57.8 Å². The smallest absolute Gasteiger partial charge is 0.137 e. The monoisotopic (exact) mass is 457 g/mol. The molecule has 0 aliphatic rings. The van der Waals surface area contributed by atoms with Gasteiger partial charge in [-0.25, -0.2) is 4.39 Å². The Hall–Kier alpha value is -2.10. The molecular weight excluding hydrogens is 413 g/mol. The van der Waals surface area contributed by atoms with Gasteiger partial charge >= 0.3 is 0 Å². The largest absolute Gasteiger partial charge is 0.494 e. The summed E-state index contributed by atoms with van der Waals surface area (Å²) in [5, 5.41) is 0. The van der Waals surface area contributed by atoms with Gasteiger partial charge < -0.3 is 9.47 Å². The second-order valence-corrected chi connectivity index (χ2v) is 8.98. The second-order valence-electron chi connectivity index (χ2n) is 8.98. The molecule has 33 heavy (non-hydrogen) atoms. The van der Waals surface area contributed by atoms with Crippen molar-refractivity contribution < 1.29 is 13.9 Å². The predicted molar refractivity (Wildman–Crippen MR) is 137 cm³/mol. The molecule has 0 saturated carbocycles. The van der Waals surface area contributed by atoms with Gasteiger partial charge in [0.2, 0.25) is 0 Å². The van der Waals surface area contributed by atoms with E-state index in [1.54, 1.807) is 6.20 Å². The molecular formula is C29H44FNO2. The maximum Gasteiger partial charge on any atom is 0.137 e. The fourth-order valence-electron chi connectivity index (χ4n) is 3.85. The predicted octanol–water partition coefficient (Wildman–Crippen LogP) is 8.96. The van der Waals surface area contributed by atoms with E-state index in [1.807, 2.05) is 36.4 Å². The van der Waals surface area contributed by atoms with Crippen LogP contribution in [0.3, 0.4) is 0 Å². The molecule has 1 aromatic carbocycles. The molecule has 0 N–H and O–H groups in total. The average molecular weight is 458 g/mol. The summed E-state index contributed by atoms with van der Waals surface area (Å²) in [6.07, 6.45) is 16.0. The highest BCUT2D eigenvalue weighted by molar-refractivity contribution is 5.60. The third-order valence-electron chi connectivity index (χ3n) is 5.95. The van der Waals surface area contributed by atoms with Gasteiger partial charge in [-0.3, -0.25) is 4.98 Å². The SMILES string of the molecule is CCCCCCCCOc1ccc(-c2ccc(OCC(F)CCCCCCCC)cn2)cc1. The summed E-state index contributed by atoms with van der Waals surface area (Å²) in [5.74, 6) is 1.51. The van der Waals surface area contributed by atoms with Crippen LogP contribution in [-0.2, 0) is 0 Å². The van der Waals surface area contributed by atoms with Crippen molar-refractivity contribution in [2.75, 3.05) is 13.2 Å². The molecule has 1 unspecified atom stereocenters. The Kier molecular flexibility index (Phi) is 14.3. The van der Waals surface area contributed by atoms with Crippen LogP contribution < -0.4 is 9.47 Å². The molecule has 2 aromatic rings. The fourth-order valence-corrected chi connectivity index (χ4v) is 3.85. The summed E-state index contributed by atoms with van der Waals surface area (Å²) < 4.78 is 25.5. The Labute approximate surface area is 201 Å². The first-order valence-corrected chi connectivity index (χ1v) is 13.2. The van der Waals surface area contributed by atoms with Crippen molar-refractivity contribution in [2.45, 2.75) is 103 Å². The molecule has 0 spiro atoms. The Morgan fingerprint density at radius 1 is 0.697 bits per heavy atom. The number of halogens is 1. The molecule has 0 fully saturated rings. The Bertz CT molecular complexity index is 717. The zero-order valence-electron chi connectivity index (χ0n) is 20.9. The summed E-state index contributed by atoms with van der Waals surface area (Å²) in [6.45, 7) is 5.31. The van der Waals surface area contributed by atoms with Gasteiger partial charge in [-0.2, -0.15) is 0 Å². The molecule has 0 amide bonds. The van der Waals surface area contributed by atoms with Crippen LogP contribution in [0.25, 0.3) is 11.3 Å². The van der Waals surface area contributed by atoms with Gasteiger partial charge in [0.25, 0.3) is 0 Å². The van der Waals surface area contributed by atoms with Crippen LogP contribution in [0.4, 0.5) is 4.39 Å². The highest BCUT2D eigenvalue weighted by Gasteiger charge is 2.08. The maximum atomic E-state index is 14.1. The summed E-state index contributed by atoms with van der Waals surface area (Å²) in [4.78, 5) is 4.48. The molecule has 1 aromatic heterocycles. The van der Waals surface area contributed by atoms with E-state index in [-0.39, 0.29) is 6.61 Å². The van der Waals surface area contributed by atoms with E-state index in [2.05, 4.69) is 18.8 Å². The number of unbranched alkanes of at least 4 members (excludes halogenated alkanes) is 10. The first-order valence-electron chi connectivity index (χ1n) is 13.2. The minimum atomic E-state index is -0.917. The van der Waals surface area contributed by atoms with Gasteiger partial charge in [-0.05, 0) is 49.2 Å². The van der Waals surface area contributed by atoms with E-state index >= 15 is 0 Å². The Balaban J connectivity index is 1.65. The van der Waals surface area contributed by atoms with Crippen LogP contribution in [-0.4, -0.2) is 24.4 Å². The lowest BCUT2D eigenvalue weighted by Crippen LogP contribution is -2.12. The molecule has 4 heteroatoms. The van der Waals surface area contributed by atoms with Crippen molar-refractivity contribution in [1.29, 1.82) is 0 Å². The minimum Gasteiger partial charge on any atom is -0.494 e. The Morgan fingerprint density at radius 2 is 1.30 bits per heavy atom. The summed E-state index contributed by atoms with van der Waals surface area (Å²) in [7, 11) is 0. The topological polar surface area (TPSA) is 31.4 Å². The van der Waals surface area contributed by atoms with Crippen molar-refractivity contribution in [3.63, 3.8) is 0 Å². The highest BCUT2D eigenvalue weighted by Crippen LogP contribution is 2.23. The van der Waals surface area contributed by atoms with E-state index in [9.17, 15) is 4.39 Å². The molecule has 1 heterocycles. The van der Waals surface area contributed by atoms with Crippen molar-refractivity contribution >= 4 is 0 Å². The summed E-state index contributed by atoms with van der Waals surface area (Å²) in [6, 6.07) is 11.8. The molecule has 184 valence electrons. The van der Waals surface area contributed by atoms with Gasteiger partial charge in [0.15, 0.2) is 0 Å². The van der Waals surface area contributed by atoms with E-state index in [0.29, 0.717) is 12.2 Å². The molecule has 0 bridgehead atoms. The number of alkyl halides is 1. The molecule has 1 atom stereocenters. The first-order chi connectivity index (χ1) is 16.2. The van der Waals surface area contributed by atoms with Crippen molar-refractivity contribution in [1.82, 2.24) is 4.98 Å². The number of ether oxygens (including phenoxy) is 2. The van der Waals surface area contributed by atoms with Gasteiger partial charge in [-0.15, -0.1) is 0 Å². The fraction of sp³-hybridized carbons (Fsp3) is 0.621. The molecule has 0 saturated heterocycles. The first kappa shape index (κ1) is 27.1. The van der Waals surface area contributed by atoms with E-state index in [0.717, 1.165) is 42.9 Å². The number of rotatable bonds is 19. The minimum absolute atomic E-state index is 0.0978. The lowest BCUT2D eigenvalue weighted by molar-refractivity contribution is 0.183. The van der Waals surface area contributed by atoms with Crippen LogP contribution >= 0.6 is 0 Å². The van der Waals surface area contributed by atoms with Crippen molar-refractivity contribution in [3.8, 4) is 22.8 Å². The highest BCUT2D eigenvalue weighted by atomic mass is 19.1. The average Bonchev–Trinajstić information content (AvgIpc) is 2.85. The standard InChI is InChI=1S/C29H44FNO2/c1-3-5-7-9-11-13-15-26(30)24-33-28-20-21-29(31-23-28)25-16-18-27(19-17-25)32-22-14-12-10-8-6-4-2/h16-21,23,26H,3-15,22,24H2,1-2H3. The summed E-state index contributed by atoms with van der Waals surface area (Å²) >= 11 is 0. The number of benzene rings is 1. The lowest BCUT2D eigenvalue weighted by Gasteiger charge is -2.11. The number of hydrogen-bond donors (Lipinski definition) is 0. The van der Waals surface area contributed by atoms with Crippen LogP contribution in [0.5, 0.6) is 11.5 Å². The summed E-state index contributed by atoms with van der Waals surface area (Å²) in [5.41, 5.74) is 1.90. The number of pyridine rings is 1. The van der Waals surface area contributed by atoms with E-state index < -0.39 is 6.17 Å². The van der Waals surface area contributed by atoms with Crippen LogP contribution in [0.15, 0.2) is 42.6 Å². The molecule has 0 aliphatic carbocycles. The van der Waals surface area contributed by atoms with Crippen LogP contribution in [0.1, 0.15) is 97.3 Å². The van der Waals surface area contributed by atoms with Crippen molar-refractivity contribution in [2.24, 2.45) is 0 Å². The van der Waals surface area contributed by atoms with Gasteiger partial charge in [0.05, 0.1) is 18.5 Å². The number of hydrogen-bond acceptors (Lipinski definition) is 3. The van der Waals surface area contributed by atoms with E-state index in [4.69, 9.17) is 9.47 Å². The zero-order valence-corrected chi connectivity index (χ0v) is 20.9. The Morgan fingerprint density at radius 3 is 1.94 bits per heavy atom. The zero-order chi connectivity index (χ0) is 23.6. The third kappa shape index (κ3) is 12.1. The lowest BCUT2D eigenvalue weighted by atomic mass is 10.1. The number of nitrogens with zero attached hydrogens (tertiary/aromatic N) is 1.